The summed E-state index contributed by atoms with van der Waals surface area (Å²) in [5, 5.41) is 6.27. The van der Waals surface area contributed by atoms with E-state index in [1.54, 1.807) is 7.05 Å². The van der Waals surface area contributed by atoms with E-state index in [-0.39, 0.29) is 17.5 Å². The molecular formula is C21H27FN4O2. The monoisotopic (exact) mass is 386 g/mol. The number of anilines is 1. The first kappa shape index (κ1) is 24.6. The second-order valence-electron chi connectivity index (χ2n) is 5.26. The van der Waals surface area contributed by atoms with Gasteiger partial charge in [-0.2, -0.15) is 0 Å². The molecular weight excluding hydrogens is 359 g/mol. The van der Waals surface area contributed by atoms with Gasteiger partial charge in [0.2, 0.25) is 0 Å². The highest BCUT2D eigenvalue weighted by Crippen LogP contribution is 2.29. The van der Waals surface area contributed by atoms with Crippen LogP contribution in [-0.4, -0.2) is 29.9 Å². The van der Waals surface area contributed by atoms with E-state index < -0.39 is 11.7 Å². The summed E-state index contributed by atoms with van der Waals surface area (Å²) in [5.74, 6) is -1.84. The number of hydrogen-bond donors (Lipinski definition) is 3. The number of carbonyl (C=O) groups excluding carboxylic acids is 2. The van der Waals surface area contributed by atoms with E-state index in [2.05, 4.69) is 41.6 Å². The number of rotatable bonds is 4. The van der Waals surface area contributed by atoms with Crippen LogP contribution in [0.1, 0.15) is 47.4 Å². The van der Waals surface area contributed by atoms with Gasteiger partial charge in [0, 0.05) is 30.7 Å². The maximum absolute atomic E-state index is 13.8. The summed E-state index contributed by atoms with van der Waals surface area (Å²) in [5.41, 5.74) is 6.12. The molecule has 0 atom stereocenters. The van der Waals surface area contributed by atoms with Crippen molar-refractivity contribution in [1.82, 2.24) is 10.3 Å². The van der Waals surface area contributed by atoms with E-state index in [4.69, 9.17) is 5.73 Å². The van der Waals surface area contributed by atoms with Crippen LogP contribution in [0.3, 0.4) is 0 Å². The van der Waals surface area contributed by atoms with Gasteiger partial charge in [-0.3, -0.25) is 14.6 Å². The number of halogens is 1. The van der Waals surface area contributed by atoms with Crippen molar-refractivity contribution >= 4 is 28.4 Å². The molecule has 1 fully saturated rings. The number of primary amides is 1. The number of terminal acetylenes is 1. The normalized spacial score (nSPS) is 11.4. The lowest BCUT2D eigenvalue weighted by molar-refractivity contribution is 0.0950. The number of benzene rings is 1. The lowest BCUT2D eigenvalue weighted by Crippen LogP contribution is -2.26. The molecule has 0 spiro atoms. The molecule has 7 heteroatoms. The topological polar surface area (TPSA) is 97.1 Å². The van der Waals surface area contributed by atoms with Crippen molar-refractivity contribution in [3.63, 3.8) is 0 Å². The van der Waals surface area contributed by atoms with Crippen molar-refractivity contribution in [1.29, 1.82) is 0 Å². The highest BCUT2D eigenvalue weighted by Gasteiger charge is 2.26. The minimum Gasteiger partial charge on any atom is -0.387 e. The molecule has 0 aliphatic heterocycles. The van der Waals surface area contributed by atoms with Crippen LogP contribution in [0.25, 0.3) is 10.9 Å². The molecule has 0 radical (unpaired) electrons. The van der Waals surface area contributed by atoms with Gasteiger partial charge in [-0.25, -0.2) is 4.39 Å². The highest BCUT2D eigenvalue weighted by atomic mass is 19.1. The molecule has 1 aromatic heterocycles. The summed E-state index contributed by atoms with van der Waals surface area (Å²) in [6.07, 6.45) is 11.3. The van der Waals surface area contributed by atoms with Gasteiger partial charge in [0.25, 0.3) is 11.8 Å². The fraction of sp³-hybridized carbons (Fsp3) is 0.286. The Hall–Kier alpha value is -3.40. The van der Waals surface area contributed by atoms with Crippen LogP contribution in [0.15, 0.2) is 31.5 Å². The average Bonchev–Trinajstić information content (AvgIpc) is 3.54. The minimum absolute atomic E-state index is 0.210. The van der Waals surface area contributed by atoms with E-state index in [0.717, 1.165) is 18.9 Å². The van der Waals surface area contributed by atoms with Gasteiger partial charge in [-0.1, -0.05) is 13.8 Å². The molecule has 0 saturated heterocycles. The number of fused-ring (bicyclic) bond motifs is 1. The van der Waals surface area contributed by atoms with E-state index in [1.165, 1.54) is 12.3 Å². The van der Waals surface area contributed by atoms with E-state index in [9.17, 15) is 14.0 Å². The summed E-state index contributed by atoms with van der Waals surface area (Å²) in [6.45, 7) is 10.0. The third kappa shape index (κ3) is 5.81. The summed E-state index contributed by atoms with van der Waals surface area (Å²) in [4.78, 5) is 27.7. The van der Waals surface area contributed by atoms with Crippen molar-refractivity contribution in [2.75, 3.05) is 12.4 Å². The first-order valence-corrected chi connectivity index (χ1v) is 8.75. The van der Waals surface area contributed by atoms with Crippen LogP contribution in [0.2, 0.25) is 0 Å². The molecule has 2 aromatic rings. The maximum Gasteiger partial charge on any atom is 0.255 e. The first-order chi connectivity index (χ1) is 13.5. The van der Waals surface area contributed by atoms with Gasteiger partial charge in [0.05, 0.1) is 22.3 Å². The second kappa shape index (κ2) is 12.1. The Balaban J connectivity index is 0.00000111. The standard InChI is InChI=1S/C15H15FN4O2.C2H6.C2H4.C2H2/c1-18-13-9-4-8(14(17)21)11(16)5-12(9)19-6-10(13)15(22)20-7-2-3-7;3*1-2/h4-7H,2-3H2,1H3,(H2,17,21)(H,18,19)(H,20,22);1-2H3;1-2H2;1-2H. The van der Waals surface area contributed by atoms with Crippen LogP contribution >= 0.6 is 0 Å². The summed E-state index contributed by atoms with van der Waals surface area (Å²) >= 11 is 0. The molecule has 150 valence electrons. The third-order valence-corrected chi connectivity index (χ3v) is 3.63. The molecule has 2 amide bonds. The largest absolute Gasteiger partial charge is 0.387 e. The summed E-state index contributed by atoms with van der Waals surface area (Å²) in [6, 6.07) is 2.67. The predicted molar refractivity (Wildman–Crippen MR) is 113 cm³/mol. The van der Waals surface area contributed by atoms with Crippen LogP contribution < -0.4 is 16.4 Å². The Labute approximate surface area is 165 Å². The van der Waals surface area contributed by atoms with Gasteiger partial charge in [0.1, 0.15) is 5.82 Å². The van der Waals surface area contributed by atoms with Crippen LogP contribution in [0.5, 0.6) is 0 Å². The van der Waals surface area contributed by atoms with Crippen molar-refractivity contribution in [2.24, 2.45) is 5.73 Å². The molecule has 1 heterocycles. The zero-order chi connectivity index (χ0) is 21.9. The number of amides is 2. The number of pyridine rings is 1. The van der Waals surface area contributed by atoms with Gasteiger partial charge in [0.15, 0.2) is 0 Å². The molecule has 6 nitrogen and oxygen atoms in total. The molecule has 0 bridgehead atoms. The van der Waals surface area contributed by atoms with Crippen LogP contribution in [0, 0.1) is 18.7 Å². The SMILES string of the molecule is C#C.C=C.CC.CNc1c(C(=O)NC2CC2)cnc2cc(F)c(C(N)=O)cc12. The third-order valence-electron chi connectivity index (χ3n) is 3.63. The van der Waals surface area contributed by atoms with Crippen molar-refractivity contribution in [2.45, 2.75) is 32.7 Å². The zero-order valence-electron chi connectivity index (χ0n) is 16.5. The average molecular weight is 386 g/mol. The number of nitrogens with zero attached hydrogens (tertiary/aromatic N) is 1. The molecule has 0 unspecified atom stereocenters. The minimum atomic E-state index is -0.866. The fourth-order valence-corrected chi connectivity index (χ4v) is 2.33. The van der Waals surface area contributed by atoms with Crippen molar-refractivity contribution < 1.29 is 14.0 Å². The molecule has 1 aliphatic carbocycles. The van der Waals surface area contributed by atoms with E-state index in [1.807, 2.05) is 13.8 Å². The van der Waals surface area contributed by atoms with Gasteiger partial charge in [-0.15, -0.1) is 26.0 Å². The molecule has 4 N–H and O–H groups in total. The number of aromatic nitrogens is 1. The Morgan fingerprint density at radius 2 is 1.79 bits per heavy atom. The van der Waals surface area contributed by atoms with Crippen molar-refractivity contribution in [3.05, 3.63) is 48.4 Å². The van der Waals surface area contributed by atoms with E-state index >= 15 is 0 Å². The molecule has 3 rings (SSSR count). The number of nitrogens with one attached hydrogen (secondary N) is 2. The van der Waals surface area contributed by atoms with Gasteiger partial charge < -0.3 is 16.4 Å². The quantitative estimate of drug-likeness (QED) is 0.553. The Kier molecular flexibility index (Phi) is 10.6. The molecule has 1 aliphatic rings. The highest BCUT2D eigenvalue weighted by molar-refractivity contribution is 6.08. The Morgan fingerprint density at radius 1 is 1.21 bits per heavy atom. The van der Waals surface area contributed by atoms with Gasteiger partial charge in [-0.05, 0) is 18.9 Å². The summed E-state index contributed by atoms with van der Waals surface area (Å²) in [7, 11) is 1.65. The first-order valence-electron chi connectivity index (χ1n) is 8.75. The fourth-order valence-electron chi connectivity index (χ4n) is 2.33. The predicted octanol–water partition coefficient (Wildman–Crippen LogP) is 3.48. The smallest absolute Gasteiger partial charge is 0.255 e. The zero-order valence-corrected chi connectivity index (χ0v) is 16.5. The number of nitrogens with two attached hydrogens (primary N) is 1. The maximum atomic E-state index is 13.8. The van der Waals surface area contributed by atoms with Crippen LogP contribution in [0.4, 0.5) is 10.1 Å². The Bertz CT molecular complexity index is 845. The summed E-state index contributed by atoms with van der Waals surface area (Å²) < 4.78 is 13.8. The number of hydrogen-bond acceptors (Lipinski definition) is 4. The number of carbonyl (C=O) groups is 2. The lowest BCUT2D eigenvalue weighted by Gasteiger charge is -2.13. The molecule has 1 aromatic carbocycles. The van der Waals surface area contributed by atoms with Gasteiger partial charge >= 0.3 is 0 Å². The van der Waals surface area contributed by atoms with E-state index in [0.29, 0.717) is 22.2 Å². The molecule has 28 heavy (non-hydrogen) atoms. The van der Waals surface area contributed by atoms with Crippen LogP contribution in [-0.2, 0) is 0 Å². The lowest BCUT2D eigenvalue weighted by atomic mass is 10.0. The van der Waals surface area contributed by atoms with Crippen molar-refractivity contribution in [3.8, 4) is 12.8 Å². The Morgan fingerprint density at radius 3 is 2.25 bits per heavy atom. The second-order valence-corrected chi connectivity index (χ2v) is 5.26. The molecule has 1 saturated carbocycles.